The van der Waals surface area contributed by atoms with Crippen LogP contribution in [-0.2, 0) is 4.79 Å². The van der Waals surface area contributed by atoms with E-state index < -0.39 is 0 Å². The van der Waals surface area contributed by atoms with E-state index in [-0.39, 0.29) is 24.4 Å². The topological polar surface area (TPSA) is 73.6 Å². The molecule has 1 amide bonds. The quantitative estimate of drug-likeness (QED) is 0.681. The second-order valence-electron chi connectivity index (χ2n) is 5.37. The van der Waals surface area contributed by atoms with Gasteiger partial charge in [0.1, 0.15) is 11.5 Å². The van der Waals surface area contributed by atoms with E-state index in [1.807, 2.05) is 24.3 Å². The number of carbonyl (C=O) groups is 1. The van der Waals surface area contributed by atoms with E-state index in [0.29, 0.717) is 31.9 Å². The van der Waals surface area contributed by atoms with Gasteiger partial charge in [0.2, 0.25) is 5.91 Å². The first-order chi connectivity index (χ1) is 10.2. The summed E-state index contributed by atoms with van der Waals surface area (Å²) in [6, 6.07) is 7.57. The third-order valence-electron chi connectivity index (χ3n) is 3.67. The van der Waals surface area contributed by atoms with Crippen LogP contribution >= 0.6 is 12.4 Å². The molecule has 5 nitrogen and oxygen atoms in total. The molecular formula is C16H25ClN2O3. The standard InChI is InChI=1S/C16H24N2O3.ClH/c1-20-13-6-8-14(9-7-13)21-10-2-3-16(19)18-15(11-17)12-4-5-12;/h6-9,12,15H,2-5,10-11,17H2,1H3,(H,18,19);1H. The van der Waals surface area contributed by atoms with Gasteiger partial charge in [-0.2, -0.15) is 0 Å². The van der Waals surface area contributed by atoms with Crippen LogP contribution in [0.1, 0.15) is 25.7 Å². The van der Waals surface area contributed by atoms with Crippen LogP contribution in [0, 0.1) is 5.92 Å². The monoisotopic (exact) mass is 328 g/mol. The number of amides is 1. The van der Waals surface area contributed by atoms with E-state index in [1.54, 1.807) is 7.11 Å². The molecule has 1 unspecified atom stereocenters. The number of ether oxygens (including phenoxy) is 2. The molecule has 0 spiro atoms. The molecule has 0 saturated heterocycles. The molecule has 1 aliphatic carbocycles. The first-order valence-corrected chi connectivity index (χ1v) is 7.49. The average molecular weight is 329 g/mol. The number of benzene rings is 1. The maximum absolute atomic E-state index is 11.8. The van der Waals surface area contributed by atoms with Gasteiger partial charge in [0.15, 0.2) is 0 Å². The molecule has 2 rings (SSSR count). The summed E-state index contributed by atoms with van der Waals surface area (Å²) in [5.74, 6) is 2.24. The molecule has 1 aromatic rings. The highest BCUT2D eigenvalue weighted by Gasteiger charge is 2.30. The van der Waals surface area contributed by atoms with E-state index in [2.05, 4.69) is 5.32 Å². The molecule has 0 radical (unpaired) electrons. The van der Waals surface area contributed by atoms with Crippen molar-refractivity contribution in [3.8, 4) is 11.5 Å². The molecule has 22 heavy (non-hydrogen) atoms. The van der Waals surface area contributed by atoms with Crippen LogP contribution in [0.25, 0.3) is 0 Å². The summed E-state index contributed by atoms with van der Waals surface area (Å²) >= 11 is 0. The van der Waals surface area contributed by atoms with Crippen molar-refractivity contribution in [1.82, 2.24) is 5.32 Å². The van der Waals surface area contributed by atoms with Crippen molar-refractivity contribution in [2.45, 2.75) is 31.7 Å². The lowest BCUT2D eigenvalue weighted by molar-refractivity contribution is -0.122. The SMILES string of the molecule is COc1ccc(OCCCC(=O)NC(CN)C2CC2)cc1.Cl. The second kappa shape index (κ2) is 9.54. The molecule has 124 valence electrons. The molecule has 6 heteroatoms. The number of methoxy groups -OCH3 is 1. The van der Waals surface area contributed by atoms with E-state index in [0.717, 1.165) is 11.5 Å². The van der Waals surface area contributed by atoms with E-state index in [4.69, 9.17) is 15.2 Å². The third-order valence-corrected chi connectivity index (χ3v) is 3.67. The summed E-state index contributed by atoms with van der Waals surface area (Å²) in [6.45, 7) is 1.05. The molecule has 1 saturated carbocycles. The number of nitrogens with two attached hydrogens (primary N) is 1. The molecular weight excluding hydrogens is 304 g/mol. The Hall–Kier alpha value is -1.46. The van der Waals surface area contributed by atoms with Gasteiger partial charge < -0.3 is 20.5 Å². The summed E-state index contributed by atoms with van der Waals surface area (Å²) < 4.78 is 10.7. The Balaban J connectivity index is 0.00000242. The van der Waals surface area contributed by atoms with E-state index in [1.165, 1.54) is 12.8 Å². The molecule has 3 N–H and O–H groups in total. The lowest BCUT2D eigenvalue weighted by atomic mass is 10.2. The lowest BCUT2D eigenvalue weighted by Gasteiger charge is -2.15. The highest BCUT2D eigenvalue weighted by molar-refractivity contribution is 5.85. The summed E-state index contributed by atoms with van der Waals surface area (Å²) in [7, 11) is 1.63. The average Bonchev–Trinajstić information content (AvgIpc) is 3.34. The minimum atomic E-state index is 0. The predicted octanol–water partition coefficient (Wildman–Crippen LogP) is 2.13. The molecule has 0 aromatic heterocycles. The highest BCUT2D eigenvalue weighted by atomic mass is 35.5. The number of nitrogens with one attached hydrogen (secondary N) is 1. The summed E-state index contributed by atoms with van der Waals surface area (Å²) in [4.78, 5) is 11.8. The van der Waals surface area contributed by atoms with Crippen LogP contribution in [-0.4, -0.2) is 32.2 Å². The first kappa shape index (κ1) is 18.6. The minimum Gasteiger partial charge on any atom is -0.497 e. The zero-order valence-corrected chi connectivity index (χ0v) is 13.7. The third kappa shape index (κ3) is 6.12. The van der Waals surface area contributed by atoms with Crippen LogP contribution < -0.4 is 20.5 Å². The smallest absolute Gasteiger partial charge is 0.220 e. The van der Waals surface area contributed by atoms with Gasteiger partial charge in [0.25, 0.3) is 0 Å². The Morgan fingerprint density at radius 1 is 1.32 bits per heavy atom. The predicted molar refractivity (Wildman–Crippen MR) is 88.7 cm³/mol. The Labute approximate surface area is 138 Å². The van der Waals surface area contributed by atoms with Gasteiger partial charge in [0, 0.05) is 19.0 Å². The number of hydrogen-bond donors (Lipinski definition) is 2. The maximum atomic E-state index is 11.8. The Morgan fingerprint density at radius 2 is 1.95 bits per heavy atom. The molecule has 0 bridgehead atoms. The molecule has 1 atom stereocenters. The fourth-order valence-corrected chi connectivity index (χ4v) is 2.24. The van der Waals surface area contributed by atoms with Crippen molar-refractivity contribution in [2.75, 3.05) is 20.3 Å². The van der Waals surface area contributed by atoms with Crippen LogP contribution in [0.5, 0.6) is 11.5 Å². The van der Waals surface area contributed by atoms with Crippen molar-refractivity contribution in [3.05, 3.63) is 24.3 Å². The van der Waals surface area contributed by atoms with Crippen molar-refractivity contribution in [2.24, 2.45) is 11.7 Å². The number of rotatable bonds is 9. The summed E-state index contributed by atoms with van der Waals surface area (Å²) in [5.41, 5.74) is 5.67. The molecule has 1 fully saturated rings. The van der Waals surface area contributed by atoms with Crippen molar-refractivity contribution in [1.29, 1.82) is 0 Å². The highest BCUT2D eigenvalue weighted by Crippen LogP contribution is 2.32. The van der Waals surface area contributed by atoms with Crippen molar-refractivity contribution >= 4 is 18.3 Å². The number of carbonyl (C=O) groups excluding carboxylic acids is 1. The minimum absolute atomic E-state index is 0. The van der Waals surface area contributed by atoms with Crippen LogP contribution in [0.3, 0.4) is 0 Å². The normalized spacial score (nSPS) is 14.6. The van der Waals surface area contributed by atoms with Gasteiger partial charge in [-0.15, -0.1) is 12.4 Å². The van der Waals surface area contributed by atoms with Gasteiger partial charge in [0.05, 0.1) is 13.7 Å². The molecule has 0 aliphatic heterocycles. The summed E-state index contributed by atoms with van der Waals surface area (Å²) in [6.07, 6.45) is 3.53. The van der Waals surface area contributed by atoms with Gasteiger partial charge in [-0.25, -0.2) is 0 Å². The Bertz CT molecular complexity index is 449. The molecule has 1 aromatic carbocycles. The van der Waals surface area contributed by atoms with Gasteiger partial charge in [-0.3, -0.25) is 4.79 Å². The van der Waals surface area contributed by atoms with Crippen LogP contribution in [0.15, 0.2) is 24.3 Å². The second-order valence-corrected chi connectivity index (χ2v) is 5.37. The van der Waals surface area contributed by atoms with E-state index in [9.17, 15) is 4.79 Å². The largest absolute Gasteiger partial charge is 0.497 e. The van der Waals surface area contributed by atoms with E-state index >= 15 is 0 Å². The number of hydrogen-bond acceptors (Lipinski definition) is 4. The fraction of sp³-hybridized carbons (Fsp3) is 0.562. The van der Waals surface area contributed by atoms with Gasteiger partial charge in [-0.1, -0.05) is 0 Å². The molecule has 1 aliphatic rings. The Morgan fingerprint density at radius 3 is 2.50 bits per heavy atom. The van der Waals surface area contributed by atoms with Crippen LogP contribution in [0.2, 0.25) is 0 Å². The lowest BCUT2D eigenvalue weighted by Crippen LogP contribution is -2.41. The zero-order chi connectivity index (χ0) is 15.1. The zero-order valence-electron chi connectivity index (χ0n) is 12.9. The fourth-order valence-electron chi connectivity index (χ4n) is 2.24. The maximum Gasteiger partial charge on any atom is 0.220 e. The van der Waals surface area contributed by atoms with Gasteiger partial charge in [-0.05, 0) is 49.4 Å². The summed E-state index contributed by atoms with van der Waals surface area (Å²) in [5, 5.41) is 3.01. The first-order valence-electron chi connectivity index (χ1n) is 7.49. The number of halogens is 1. The molecule has 0 heterocycles. The Kier molecular flexibility index (Phi) is 8.06. The van der Waals surface area contributed by atoms with Crippen molar-refractivity contribution < 1.29 is 14.3 Å². The van der Waals surface area contributed by atoms with Crippen molar-refractivity contribution in [3.63, 3.8) is 0 Å². The van der Waals surface area contributed by atoms with Crippen LogP contribution in [0.4, 0.5) is 0 Å². The van der Waals surface area contributed by atoms with Gasteiger partial charge >= 0.3 is 0 Å².